The molecule has 2 aromatic rings. The minimum atomic E-state index is -1.81. The van der Waals surface area contributed by atoms with E-state index < -0.39 is 26.6 Å². The van der Waals surface area contributed by atoms with E-state index in [4.69, 9.17) is 16.3 Å². The van der Waals surface area contributed by atoms with Gasteiger partial charge >= 0.3 is 6.09 Å². The maximum atomic E-state index is 12.5. The van der Waals surface area contributed by atoms with E-state index in [1.807, 2.05) is 48.5 Å². The molecule has 0 spiro atoms. The fourth-order valence-electron chi connectivity index (χ4n) is 3.57. The molecule has 0 aliphatic heterocycles. The van der Waals surface area contributed by atoms with E-state index in [1.54, 1.807) is 13.8 Å². The van der Waals surface area contributed by atoms with Crippen LogP contribution in [0.3, 0.4) is 0 Å². The van der Waals surface area contributed by atoms with E-state index in [0.29, 0.717) is 0 Å². The fourth-order valence-corrected chi connectivity index (χ4v) is 5.08. The van der Waals surface area contributed by atoms with Gasteiger partial charge in [0.15, 0.2) is 5.54 Å². The van der Waals surface area contributed by atoms with E-state index in [0.717, 1.165) is 22.3 Å². The Morgan fingerprint density at radius 2 is 1.57 bits per heavy atom. The van der Waals surface area contributed by atoms with Crippen molar-refractivity contribution in [2.24, 2.45) is 5.92 Å². The second kappa shape index (κ2) is 8.21. The molecule has 2 aromatic carbocycles. The summed E-state index contributed by atoms with van der Waals surface area (Å²) in [6.07, 6.45) is -0.852. The summed E-state index contributed by atoms with van der Waals surface area (Å²) in [5, 5.41) is 1.47. The molecule has 1 aliphatic rings. The molecule has 5 nitrogen and oxygen atoms in total. The van der Waals surface area contributed by atoms with Gasteiger partial charge in [0.2, 0.25) is 3.79 Å². The Bertz CT molecular complexity index is 884. The molecular weight excluding hydrogens is 493 g/mol. The molecule has 1 N–H and O–H groups in total. The molecule has 1 aliphatic carbocycles. The molecule has 1 atom stereocenters. The van der Waals surface area contributed by atoms with Gasteiger partial charge < -0.3 is 4.74 Å². The number of carbonyl (C=O) groups excluding carboxylic acids is 3. The molecule has 0 saturated carbocycles. The predicted octanol–water partition coefficient (Wildman–Crippen LogP) is 4.65. The molecule has 28 heavy (non-hydrogen) atoms. The highest BCUT2D eigenvalue weighted by atomic mass is 127. The smallest absolute Gasteiger partial charge is 0.408 e. The molecule has 3 rings (SSSR count). The maximum absolute atomic E-state index is 12.5. The van der Waals surface area contributed by atoms with E-state index in [9.17, 15) is 14.4 Å². The van der Waals surface area contributed by atoms with Crippen LogP contribution in [0.15, 0.2) is 48.5 Å². The van der Waals surface area contributed by atoms with Crippen molar-refractivity contribution in [3.63, 3.8) is 0 Å². The van der Waals surface area contributed by atoms with Gasteiger partial charge in [0.25, 0.3) is 5.24 Å². The number of nitrogens with one attached hydrogen (secondary N) is 1. The number of hydrogen-bond acceptors (Lipinski definition) is 4. The number of amides is 1. The van der Waals surface area contributed by atoms with Crippen LogP contribution in [0.25, 0.3) is 11.1 Å². The third-order valence-corrected chi connectivity index (χ3v) is 6.28. The van der Waals surface area contributed by atoms with E-state index >= 15 is 0 Å². The van der Waals surface area contributed by atoms with Gasteiger partial charge in [0.05, 0.1) is 0 Å². The molecule has 1 amide bonds. The lowest BCUT2D eigenvalue weighted by Gasteiger charge is -2.31. The van der Waals surface area contributed by atoms with Crippen molar-refractivity contribution in [1.29, 1.82) is 0 Å². The normalized spacial score (nSPS) is 14.8. The Balaban J connectivity index is 1.80. The zero-order valence-electron chi connectivity index (χ0n) is 15.4. The third kappa shape index (κ3) is 3.55. The molecule has 7 heteroatoms. The Morgan fingerprint density at radius 1 is 1.07 bits per heavy atom. The van der Waals surface area contributed by atoms with Crippen LogP contribution in [-0.4, -0.2) is 27.3 Å². The summed E-state index contributed by atoms with van der Waals surface area (Å²) in [4.78, 5) is 36.5. The first-order chi connectivity index (χ1) is 13.3. The molecule has 0 aromatic heterocycles. The van der Waals surface area contributed by atoms with Gasteiger partial charge in [-0.25, -0.2) is 4.79 Å². The van der Waals surface area contributed by atoms with E-state index in [2.05, 4.69) is 5.32 Å². The number of alkyl carbamates (subject to hydrolysis) is 1. The van der Waals surface area contributed by atoms with Crippen LogP contribution in [0, 0.1) is 5.92 Å². The average Bonchev–Trinajstić information content (AvgIpc) is 2.97. The van der Waals surface area contributed by atoms with Crippen LogP contribution < -0.4 is 5.32 Å². The summed E-state index contributed by atoms with van der Waals surface area (Å²) in [6.45, 7) is 3.36. The molecule has 0 bridgehead atoms. The zero-order valence-corrected chi connectivity index (χ0v) is 18.3. The Hall–Kier alpha value is -1.93. The van der Waals surface area contributed by atoms with Crippen molar-refractivity contribution in [1.82, 2.24) is 5.32 Å². The number of halogens is 2. The van der Waals surface area contributed by atoms with Crippen molar-refractivity contribution in [3.05, 3.63) is 59.7 Å². The van der Waals surface area contributed by atoms with Gasteiger partial charge in [0.1, 0.15) is 6.61 Å². The number of ether oxygens (including phenoxy) is 1. The largest absolute Gasteiger partial charge is 0.449 e. The fraction of sp³-hybridized carbons (Fsp3) is 0.286. The summed E-state index contributed by atoms with van der Waals surface area (Å²) in [7, 11) is 0. The van der Waals surface area contributed by atoms with Gasteiger partial charge in [-0.15, -0.1) is 0 Å². The number of hydrogen-bond donors (Lipinski definition) is 1. The molecule has 0 fully saturated rings. The Morgan fingerprint density at radius 3 is 2.00 bits per heavy atom. The second-order valence-corrected chi connectivity index (χ2v) is 8.28. The van der Waals surface area contributed by atoms with Gasteiger partial charge in [-0.3, -0.25) is 14.9 Å². The standard InChI is InChI=1S/C21H19ClINO4/c1-12(2)21(18(22)25,19(23)26)24-20(27)28-11-17-15-9-5-3-7-13(15)14-8-4-6-10-16(14)17/h3-10,12,17H,11H2,1-2H3,(H,24,27). The highest BCUT2D eigenvalue weighted by Crippen LogP contribution is 2.44. The highest BCUT2D eigenvalue weighted by Gasteiger charge is 2.48. The van der Waals surface area contributed by atoms with Gasteiger partial charge in [-0.2, -0.15) is 0 Å². The molecular formula is C21H19ClINO4. The van der Waals surface area contributed by atoms with Gasteiger partial charge in [-0.1, -0.05) is 62.4 Å². The van der Waals surface area contributed by atoms with Crippen molar-refractivity contribution < 1.29 is 19.1 Å². The molecule has 146 valence electrons. The van der Waals surface area contributed by atoms with Gasteiger partial charge in [-0.05, 0) is 39.8 Å². The van der Waals surface area contributed by atoms with Crippen LogP contribution in [0.5, 0.6) is 0 Å². The summed E-state index contributed by atoms with van der Waals surface area (Å²) in [5.41, 5.74) is 2.56. The van der Waals surface area contributed by atoms with Crippen LogP contribution in [-0.2, 0) is 14.3 Å². The minimum absolute atomic E-state index is 0.0833. The number of fused-ring (bicyclic) bond motifs is 3. The maximum Gasteiger partial charge on any atom is 0.408 e. The first-order valence-electron chi connectivity index (χ1n) is 8.82. The first-order valence-corrected chi connectivity index (χ1v) is 10.3. The Kier molecular flexibility index (Phi) is 6.09. The number of benzene rings is 2. The second-order valence-electron chi connectivity index (χ2n) is 6.96. The van der Waals surface area contributed by atoms with Gasteiger partial charge in [0, 0.05) is 28.5 Å². The highest BCUT2D eigenvalue weighted by molar-refractivity contribution is 14.1. The minimum Gasteiger partial charge on any atom is -0.449 e. The summed E-state index contributed by atoms with van der Waals surface area (Å²) in [6, 6.07) is 15.9. The SMILES string of the molecule is CC(C)C(NC(=O)OCC1c2ccccc2-c2ccccc21)(C(=O)Cl)C(=O)I. The summed E-state index contributed by atoms with van der Waals surface area (Å²) < 4.78 is 4.87. The number of carbonyl (C=O) groups is 3. The molecule has 0 heterocycles. The third-order valence-electron chi connectivity index (χ3n) is 5.13. The molecule has 0 saturated heterocycles. The lowest BCUT2D eigenvalue weighted by Crippen LogP contribution is -2.60. The van der Waals surface area contributed by atoms with Crippen LogP contribution in [0.1, 0.15) is 30.9 Å². The van der Waals surface area contributed by atoms with Crippen LogP contribution in [0.2, 0.25) is 0 Å². The van der Waals surface area contributed by atoms with E-state index in [-0.39, 0.29) is 12.5 Å². The molecule has 0 radical (unpaired) electrons. The predicted molar refractivity (Wildman–Crippen MR) is 116 cm³/mol. The topological polar surface area (TPSA) is 72.5 Å². The summed E-state index contributed by atoms with van der Waals surface area (Å²) >= 11 is 7.13. The quantitative estimate of drug-likeness (QED) is 0.348. The Labute approximate surface area is 181 Å². The van der Waals surface area contributed by atoms with E-state index in [1.165, 1.54) is 22.6 Å². The van der Waals surface area contributed by atoms with Crippen molar-refractivity contribution >= 4 is 49.3 Å². The summed E-state index contributed by atoms with van der Waals surface area (Å²) in [5.74, 6) is -0.643. The van der Waals surface area contributed by atoms with Crippen molar-refractivity contribution in [3.8, 4) is 11.1 Å². The monoisotopic (exact) mass is 511 g/mol. The first kappa shape index (κ1) is 20.8. The zero-order chi connectivity index (χ0) is 20.5. The van der Waals surface area contributed by atoms with Crippen LogP contribution >= 0.6 is 34.2 Å². The average molecular weight is 512 g/mol. The molecule has 1 unspecified atom stereocenters. The van der Waals surface area contributed by atoms with Crippen molar-refractivity contribution in [2.75, 3.05) is 6.61 Å². The van der Waals surface area contributed by atoms with Crippen LogP contribution in [0.4, 0.5) is 4.79 Å². The lowest BCUT2D eigenvalue weighted by molar-refractivity contribution is -0.127. The number of rotatable bonds is 6. The van der Waals surface area contributed by atoms with Crippen molar-refractivity contribution in [2.45, 2.75) is 25.3 Å². The lowest BCUT2D eigenvalue weighted by atomic mass is 9.89.